The monoisotopic (exact) mass is 382 g/mol. The largest absolute Gasteiger partial charge is 0.396 e. The Kier molecular flexibility index (Phi) is 5.73. The van der Waals surface area contributed by atoms with Crippen molar-refractivity contribution in [2.45, 2.75) is 6.92 Å². The number of imide groups is 1. The summed E-state index contributed by atoms with van der Waals surface area (Å²) in [6.07, 6.45) is 0. The van der Waals surface area contributed by atoms with Gasteiger partial charge in [-0.1, -0.05) is 30.3 Å². The summed E-state index contributed by atoms with van der Waals surface area (Å²) in [5.74, 6) is -0.699. The molecule has 3 amide bonds. The summed E-state index contributed by atoms with van der Waals surface area (Å²) in [6.45, 7) is 1.31. The summed E-state index contributed by atoms with van der Waals surface area (Å²) >= 11 is 1.17. The first kappa shape index (κ1) is 18.9. The molecule has 1 aliphatic heterocycles. The van der Waals surface area contributed by atoms with E-state index in [0.29, 0.717) is 33.2 Å². The number of hydrogen-bond donors (Lipinski definition) is 2. The molecule has 27 heavy (non-hydrogen) atoms. The van der Waals surface area contributed by atoms with E-state index in [9.17, 15) is 14.4 Å². The molecule has 0 atom stereocenters. The Balaban J connectivity index is 1.96. The zero-order valence-corrected chi connectivity index (χ0v) is 15.5. The van der Waals surface area contributed by atoms with Crippen molar-refractivity contribution in [3.63, 3.8) is 0 Å². The molecule has 0 spiro atoms. The van der Waals surface area contributed by atoms with Crippen LogP contribution in [0.25, 0.3) is 5.57 Å². The number of aliphatic hydroxyl groups is 1. The first-order chi connectivity index (χ1) is 13.0. The van der Waals surface area contributed by atoms with E-state index in [0.717, 1.165) is 4.90 Å². The molecule has 1 aliphatic rings. The van der Waals surface area contributed by atoms with Gasteiger partial charge in [0.2, 0.25) is 5.91 Å². The van der Waals surface area contributed by atoms with Gasteiger partial charge in [0.25, 0.3) is 11.8 Å². The van der Waals surface area contributed by atoms with Gasteiger partial charge in [0.15, 0.2) is 0 Å². The van der Waals surface area contributed by atoms with Crippen LogP contribution in [0.4, 0.5) is 11.4 Å². The van der Waals surface area contributed by atoms with Crippen LogP contribution in [0.3, 0.4) is 0 Å². The summed E-state index contributed by atoms with van der Waals surface area (Å²) in [4.78, 5) is 38.6. The van der Waals surface area contributed by atoms with Crippen LogP contribution in [0.1, 0.15) is 12.5 Å². The van der Waals surface area contributed by atoms with Crippen LogP contribution >= 0.6 is 11.8 Å². The van der Waals surface area contributed by atoms with Crippen LogP contribution in [-0.2, 0) is 14.4 Å². The van der Waals surface area contributed by atoms with Gasteiger partial charge in [-0.05, 0) is 29.8 Å². The smallest absolute Gasteiger partial charge is 0.272 e. The minimum absolute atomic E-state index is 0.0941. The molecule has 0 bridgehead atoms. The molecule has 0 radical (unpaired) electrons. The lowest BCUT2D eigenvalue weighted by atomic mass is 10.1. The standard InChI is InChI=1S/C20H18N2O4S/c1-13(24)21-15-7-9-16(10-8-15)22-19(25)17(14-5-3-2-4-6-14)18(20(22)26)27-12-11-23/h2-10,23H,11-12H2,1H3,(H,21,24). The van der Waals surface area contributed by atoms with Gasteiger partial charge in [-0.25, -0.2) is 4.90 Å². The highest BCUT2D eigenvalue weighted by atomic mass is 32.2. The van der Waals surface area contributed by atoms with Crippen molar-refractivity contribution in [2.24, 2.45) is 0 Å². The highest BCUT2D eigenvalue weighted by Gasteiger charge is 2.39. The van der Waals surface area contributed by atoms with Crippen molar-refractivity contribution in [3.05, 3.63) is 65.1 Å². The van der Waals surface area contributed by atoms with Crippen LogP contribution in [0.5, 0.6) is 0 Å². The van der Waals surface area contributed by atoms with Crippen molar-refractivity contribution in [1.29, 1.82) is 0 Å². The topological polar surface area (TPSA) is 86.7 Å². The molecule has 0 aliphatic carbocycles. The van der Waals surface area contributed by atoms with E-state index >= 15 is 0 Å². The predicted molar refractivity (Wildman–Crippen MR) is 106 cm³/mol. The van der Waals surface area contributed by atoms with E-state index in [1.807, 2.05) is 6.07 Å². The number of hydrogen-bond acceptors (Lipinski definition) is 5. The molecule has 1 heterocycles. The maximum Gasteiger partial charge on any atom is 0.272 e. The Morgan fingerprint density at radius 3 is 2.30 bits per heavy atom. The minimum Gasteiger partial charge on any atom is -0.396 e. The van der Waals surface area contributed by atoms with Gasteiger partial charge in [0.05, 0.1) is 22.8 Å². The van der Waals surface area contributed by atoms with Crippen LogP contribution in [-0.4, -0.2) is 35.2 Å². The zero-order valence-electron chi connectivity index (χ0n) is 14.6. The second kappa shape index (κ2) is 8.20. The molecule has 0 unspecified atom stereocenters. The maximum absolute atomic E-state index is 13.1. The Bertz CT molecular complexity index is 907. The lowest BCUT2D eigenvalue weighted by Crippen LogP contribution is -2.31. The van der Waals surface area contributed by atoms with Crippen LogP contribution in [0.15, 0.2) is 59.5 Å². The summed E-state index contributed by atoms with van der Waals surface area (Å²) in [7, 11) is 0. The van der Waals surface area contributed by atoms with E-state index in [-0.39, 0.29) is 12.5 Å². The summed E-state index contributed by atoms with van der Waals surface area (Å²) in [6, 6.07) is 15.5. The van der Waals surface area contributed by atoms with Gasteiger partial charge >= 0.3 is 0 Å². The Morgan fingerprint density at radius 2 is 1.70 bits per heavy atom. The van der Waals surface area contributed by atoms with Gasteiger partial charge < -0.3 is 10.4 Å². The highest BCUT2D eigenvalue weighted by molar-refractivity contribution is 8.04. The minimum atomic E-state index is -0.412. The number of thioether (sulfide) groups is 1. The van der Waals surface area contributed by atoms with E-state index in [2.05, 4.69) is 5.32 Å². The quantitative estimate of drug-likeness (QED) is 0.750. The Labute approximate surface area is 160 Å². The number of nitrogens with one attached hydrogen (secondary N) is 1. The predicted octanol–water partition coefficient (Wildman–Crippen LogP) is 2.66. The van der Waals surface area contributed by atoms with Gasteiger partial charge in [-0.15, -0.1) is 11.8 Å². The number of benzene rings is 2. The summed E-state index contributed by atoms with van der Waals surface area (Å²) in [5.41, 5.74) is 2.00. The Hall–Kier alpha value is -2.90. The molecule has 2 aromatic carbocycles. The second-order valence-corrected chi connectivity index (χ2v) is 6.92. The van der Waals surface area contributed by atoms with Gasteiger partial charge in [-0.3, -0.25) is 14.4 Å². The molecule has 138 valence electrons. The third-order valence-corrected chi connectivity index (χ3v) is 4.94. The van der Waals surface area contributed by atoms with E-state index in [4.69, 9.17) is 5.11 Å². The number of carbonyl (C=O) groups excluding carboxylic acids is 3. The van der Waals surface area contributed by atoms with Crippen molar-refractivity contribution in [1.82, 2.24) is 0 Å². The second-order valence-electron chi connectivity index (χ2n) is 5.82. The fourth-order valence-electron chi connectivity index (χ4n) is 2.78. The molecule has 2 N–H and O–H groups in total. The molecule has 2 aromatic rings. The Morgan fingerprint density at radius 1 is 1.04 bits per heavy atom. The summed E-state index contributed by atoms with van der Waals surface area (Å²) < 4.78 is 0. The number of carbonyl (C=O) groups is 3. The normalized spacial score (nSPS) is 14.1. The van der Waals surface area contributed by atoms with Crippen LogP contribution in [0.2, 0.25) is 0 Å². The highest BCUT2D eigenvalue weighted by Crippen LogP contribution is 2.38. The number of anilines is 2. The molecular formula is C20H18N2O4S. The number of amides is 3. The number of nitrogens with zero attached hydrogens (tertiary/aromatic N) is 1. The number of rotatable bonds is 6. The van der Waals surface area contributed by atoms with E-state index < -0.39 is 11.8 Å². The van der Waals surface area contributed by atoms with Crippen molar-refractivity contribution < 1.29 is 19.5 Å². The van der Waals surface area contributed by atoms with Crippen LogP contribution in [0, 0.1) is 0 Å². The molecule has 0 fully saturated rings. The average molecular weight is 382 g/mol. The van der Waals surface area contributed by atoms with Gasteiger partial charge in [0, 0.05) is 18.4 Å². The lowest BCUT2D eigenvalue weighted by Gasteiger charge is -2.16. The van der Waals surface area contributed by atoms with Gasteiger partial charge in [-0.2, -0.15) is 0 Å². The number of aliphatic hydroxyl groups excluding tert-OH is 1. The van der Waals surface area contributed by atoms with Crippen molar-refractivity contribution in [2.75, 3.05) is 22.6 Å². The average Bonchev–Trinajstić information content (AvgIpc) is 2.91. The van der Waals surface area contributed by atoms with Crippen molar-refractivity contribution >= 4 is 46.4 Å². The van der Waals surface area contributed by atoms with E-state index in [1.54, 1.807) is 48.5 Å². The van der Waals surface area contributed by atoms with Crippen LogP contribution < -0.4 is 10.2 Å². The SMILES string of the molecule is CC(=O)Nc1ccc(N2C(=O)C(SCCO)=C(c3ccccc3)C2=O)cc1. The molecular weight excluding hydrogens is 364 g/mol. The lowest BCUT2D eigenvalue weighted by molar-refractivity contribution is -0.120. The van der Waals surface area contributed by atoms with Crippen molar-refractivity contribution in [3.8, 4) is 0 Å². The fraction of sp³-hybridized carbons (Fsp3) is 0.150. The van der Waals surface area contributed by atoms with E-state index in [1.165, 1.54) is 18.7 Å². The molecule has 3 rings (SSSR count). The molecule has 0 saturated heterocycles. The fourth-order valence-corrected chi connectivity index (χ4v) is 3.64. The molecule has 0 aromatic heterocycles. The van der Waals surface area contributed by atoms with Gasteiger partial charge in [0.1, 0.15) is 0 Å². The zero-order chi connectivity index (χ0) is 19.4. The third kappa shape index (κ3) is 3.94. The first-order valence-electron chi connectivity index (χ1n) is 8.32. The maximum atomic E-state index is 13.1. The molecule has 6 nitrogen and oxygen atoms in total. The summed E-state index contributed by atoms with van der Waals surface area (Å²) in [5, 5.41) is 11.8. The third-order valence-electron chi connectivity index (χ3n) is 3.89. The molecule has 7 heteroatoms. The molecule has 0 saturated carbocycles. The first-order valence-corrected chi connectivity index (χ1v) is 9.31.